The van der Waals surface area contributed by atoms with Crippen LogP contribution in [0.1, 0.15) is 11.5 Å². The maximum absolute atomic E-state index is 13.2. The van der Waals surface area contributed by atoms with E-state index in [0.717, 1.165) is 22.2 Å². The van der Waals surface area contributed by atoms with Crippen LogP contribution in [0.25, 0.3) is 22.4 Å². The lowest BCUT2D eigenvalue weighted by atomic mass is 10.1. The summed E-state index contributed by atoms with van der Waals surface area (Å²) in [6, 6.07) is 12.0. The highest BCUT2D eigenvalue weighted by atomic mass is 19.1. The lowest BCUT2D eigenvalue weighted by molar-refractivity contribution is 0.385. The lowest BCUT2D eigenvalue weighted by Gasteiger charge is -1.96. The molecule has 2 aromatic carbocycles. The van der Waals surface area contributed by atoms with Gasteiger partial charge < -0.3 is 4.52 Å². The minimum Gasteiger partial charge on any atom is -0.339 e. The predicted molar refractivity (Wildman–Crippen MR) is 81.0 cm³/mol. The highest BCUT2D eigenvalue weighted by molar-refractivity contribution is 5.79. The van der Waals surface area contributed by atoms with Crippen LogP contribution >= 0.6 is 0 Å². The Bertz CT molecular complexity index is 991. The average molecular weight is 309 g/mol. The van der Waals surface area contributed by atoms with Crippen molar-refractivity contribution in [3.05, 3.63) is 59.7 Å². The van der Waals surface area contributed by atoms with E-state index < -0.39 is 0 Å². The second-order valence-electron chi connectivity index (χ2n) is 5.23. The number of aromatic nitrogens is 5. The first-order chi connectivity index (χ1) is 11.2. The molecule has 0 unspecified atom stereocenters. The number of fused-ring (bicyclic) bond motifs is 1. The van der Waals surface area contributed by atoms with Gasteiger partial charge in [0, 0.05) is 12.6 Å². The second kappa shape index (κ2) is 5.28. The van der Waals surface area contributed by atoms with Crippen LogP contribution in [0.15, 0.2) is 47.0 Å². The van der Waals surface area contributed by atoms with E-state index in [4.69, 9.17) is 4.52 Å². The molecule has 0 aliphatic heterocycles. The molecule has 2 aromatic heterocycles. The van der Waals surface area contributed by atoms with Crippen molar-refractivity contribution in [2.75, 3.05) is 0 Å². The molecule has 0 saturated carbocycles. The van der Waals surface area contributed by atoms with Gasteiger partial charge in [0.05, 0.1) is 11.9 Å². The number of nitrogens with zero attached hydrogens (tertiary/aromatic N) is 5. The second-order valence-corrected chi connectivity index (χ2v) is 5.23. The standard InChI is InChI=1S/C16H12FN5O/c1-22-14-9-11(5-6-13(14)19-21-22)16-18-15(23-20-16)8-10-3-2-4-12(17)7-10/h2-7,9H,8H2,1H3. The minimum atomic E-state index is -0.281. The smallest absolute Gasteiger partial charge is 0.231 e. The van der Waals surface area contributed by atoms with Crippen LogP contribution in [0, 0.1) is 5.82 Å². The summed E-state index contributed by atoms with van der Waals surface area (Å²) in [6.07, 6.45) is 0.389. The van der Waals surface area contributed by atoms with Crippen LogP contribution in [0.4, 0.5) is 4.39 Å². The van der Waals surface area contributed by atoms with Gasteiger partial charge in [0.1, 0.15) is 11.3 Å². The third-order valence-electron chi connectivity index (χ3n) is 3.58. The monoisotopic (exact) mass is 309 g/mol. The molecule has 0 fully saturated rings. The van der Waals surface area contributed by atoms with Gasteiger partial charge in [-0.25, -0.2) is 9.07 Å². The summed E-state index contributed by atoms with van der Waals surface area (Å²) in [5.74, 6) is 0.643. The zero-order valence-corrected chi connectivity index (χ0v) is 12.3. The van der Waals surface area contributed by atoms with E-state index >= 15 is 0 Å². The van der Waals surface area contributed by atoms with Gasteiger partial charge in [0.25, 0.3) is 0 Å². The van der Waals surface area contributed by atoms with Crippen molar-refractivity contribution in [2.24, 2.45) is 7.05 Å². The molecule has 0 aliphatic carbocycles. The van der Waals surface area contributed by atoms with Gasteiger partial charge in [0.15, 0.2) is 0 Å². The van der Waals surface area contributed by atoms with E-state index in [2.05, 4.69) is 20.5 Å². The molecule has 23 heavy (non-hydrogen) atoms. The van der Waals surface area contributed by atoms with Crippen molar-refractivity contribution in [1.29, 1.82) is 0 Å². The minimum absolute atomic E-state index is 0.281. The fourth-order valence-corrected chi connectivity index (χ4v) is 2.44. The van der Waals surface area contributed by atoms with Gasteiger partial charge in [-0.2, -0.15) is 4.98 Å². The Morgan fingerprint density at radius 1 is 1.17 bits per heavy atom. The third kappa shape index (κ3) is 2.57. The molecule has 0 radical (unpaired) electrons. The Kier molecular flexibility index (Phi) is 3.11. The Balaban J connectivity index is 1.64. The maximum atomic E-state index is 13.2. The number of halogens is 1. The van der Waals surface area contributed by atoms with Crippen molar-refractivity contribution in [1.82, 2.24) is 25.1 Å². The number of rotatable bonds is 3. The Labute approximate surface area is 130 Å². The lowest BCUT2D eigenvalue weighted by Crippen LogP contribution is -1.91. The molecule has 114 valence electrons. The predicted octanol–water partition coefficient (Wildman–Crippen LogP) is 2.75. The van der Waals surface area contributed by atoms with Gasteiger partial charge in [-0.05, 0) is 35.9 Å². The number of hydrogen-bond donors (Lipinski definition) is 0. The summed E-state index contributed by atoms with van der Waals surface area (Å²) in [5, 5.41) is 12.0. The van der Waals surface area contributed by atoms with Crippen LogP contribution < -0.4 is 0 Å². The number of benzene rings is 2. The summed E-state index contributed by atoms with van der Waals surface area (Å²) >= 11 is 0. The molecule has 0 atom stereocenters. The summed E-state index contributed by atoms with van der Waals surface area (Å²) in [6.45, 7) is 0. The van der Waals surface area contributed by atoms with Gasteiger partial charge in [-0.1, -0.05) is 22.5 Å². The maximum Gasteiger partial charge on any atom is 0.231 e. The highest BCUT2D eigenvalue weighted by Crippen LogP contribution is 2.21. The summed E-state index contributed by atoms with van der Waals surface area (Å²) in [5.41, 5.74) is 3.29. The van der Waals surface area contributed by atoms with E-state index in [1.54, 1.807) is 10.7 Å². The molecule has 2 heterocycles. The molecule has 0 saturated heterocycles. The van der Waals surface area contributed by atoms with Gasteiger partial charge in [-0.3, -0.25) is 0 Å². The SMILES string of the molecule is Cn1nnc2ccc(-c3noc(Cc4cccc(F)c4)n3)cc21. The van der Waals surface area contributed by atoms with Crippen molar-refractivity contribution in [2.45, 2.75) is 6.42 Å². The van der Waals surface area contributed by atoms with E-state index in [-0.39, 0.29) is 5.82 Å². The van der Waals surface area contributed by atoms with Crippen LogP contribution in [-0.4, -0.2) is 25.1 Å². The Morgan fingerprint density at radius 3 is 2.96 bits per heavy atom. The number of aryl methyl sites for hydroxylation is 1. The molecule has 0 N–H and O–H groups in total. The van der Waals surface area contributed by atoms with Crippen molar-refractivity contribution >= 4 is 11.0 Å². The largest absolute Gasteiger partial charge is 0.339 e. The van der Waals surface area contributed by atoms with E-state index in [1.165, 1.54) is 12.1 Å². The zero-order chi connectivity index (χ0) is 15.8. The molecule has 7 heteroatoms. The summed E-state index contributed by atoms with van der Waals surface area (Å²) in [4.78, 5) is 4.38. The molecular weight excluding hydrogens is 297 g/mol. The Hall–Kier alpha value is -3.09. The average Bonchev–Trinajstić information content (AvgIpc) is 3.15. The summed E-state index contributed by atoms with van der Waals surface area (Å²) in [7, 11) is 1.82. The normalized spacial score (nSPS) is 11.2. The molecule has 4 rings (SSSR count). The zero-order valence-electron chi connectivity index (χ0n) is 12.3. The Morgan fingerprint density at radius 2 is 2.09 bits per heavy atom. The molecule has 4 aromatic rings. The fraction of sp³-hybridized carbons (Fsp3) is 0.125. The van der Waals surface area contributed by atoms with Gasteiger partial charge >= 0.3 is 0 Å². The highest BCUT2D eigenvalue weighted by Gasteiger charge is 2.11. The molecule has 0 bridgehead atoms. The number of hydrogen-bond acceptors (Lipinski definition) is 5. The van der Waals surface area contributed by atoms with Crippen LogP contribution in [0.5, 0.6) is 0 Å². The quantitative estimate of drug-likeness (QED) is 0.582. The van der Waals surface area contributed by atoms with Gasteiger partial charge in [0.2, 0.25) is 11.7 Å². The molecule has 0 aliphatic rings. The van der Waals surface area contributed by atoms with E-state index in [0.29, 0.717) is 18.1 Å². The fourth-order valence-electron chi connectivity index (χ4n) is 2.44. The van der Waals surface area contributed by atoms with Crippen LogP contribution in [0.3, 0.4) is 0 Å². The van der Waals surface area contributed by atoms with Crippen LogP contribution in [-0.2, 0) is 13.5 Å². The van der Waals surface area contributed by atoms with Crippen molar-refractivity contribution in [3.63, 3.8) is 0 Å². The molecule has 6 nitrogen and oxygen atoms in total. The van der Waals surface area contributed by atoms with E-state index in [1.807, 2.05) is 31.3 Å². The molecule has 0 spiro atoms. The topological polar surface area (TPSA) is 69.6 Å². The van der Waals surface area contributed by atoms with Crippen LogP contribution in [0.2, 0.25) is 0 Å². The van der Waals surface area contributed by atoms with Gasteiger partial charge in [-0.15, -0.1) is 5.10 Å². The first-order valence-electron chi connectivity index (χ1n) is 7.06. The first-order valence-corrected chi connectivity index (χ1v) is 7.06. The molecule has 0 amide bonds. The third-order valence-corrected chi connectivity index (χ3v) is 3.58. The summed E-state index contributed by atoms with van der Waals surface area (Å²) < 4.78 is 20.2. The van der Waals surface area contributed by atoms with Crippen molar-refractivity contribution in [3.8, 4) is 11.4 Å². The molecular formula is C16H12FN5O. The van der Waals surface area contributed by atoms with Crippen molar-refractivity contribution < 1.29 is 8.91 Å². The van der Waals surface area contributed by atoms with E-state index in [9.17, 15) is 4.39 Å². The first kappa shape index (κ1) is 13.6.